The first-order valence-corrected chi connectivity index (χ1v) is 9.19. The fourth-order valence-electron chi connectivity index (χ4n) is 3.07. The van der Waals surface area contributed by atoms with Crippen molar-refractivity contribution >= 4 is 34.4 Å². The SMILES string of the molecule is CC1=Nc2ccccc2C1=Cc1sc(=O)n(Cc2ccc(C)cc2)c1O. The topological polar surface area (TPSA) is 54.6 Å². The Bertz CT molecular complexity index is 1100. The van der Waals surface area contributed by atoms with E-state index in [1.807, 2.05) is 68.5 Å². The number of nitrogens with zero attached hydrogens (tertiary/aromatic N) is 2. The molecule has 0 unspecified atom stereocenters. The van der Waals surface area contributed by atoms with Crippen LogP contribution in [-0.4, -0.2) is 15.4 Å². The second-order valence-corrected chi connectivity index (χ2v) is 7.39. The Balaban J connectivity index is 1.72. The second-order valence-electron chi connectivity index (χ2n) is 6.40. The van der Waals surface area contributed by atoms with Crippen LogP contribution in [0.25, 0.3) is 11.6 Å². The lowest BCUT2D eigenvalue weighted by molar-refractivity contribution is 0.420. The zero-order valence-corrected chi connectivity index (χ0v) is 15.4. The summed E-state index contributed by atoms with van der Waals surface area (Å²) in [4.78, 5) is 17.3. The number of aromatic hydroxyl groups is 1. The number of thiazole rings is 1. The number of aryl methyl sites for hydroxylation is 1. The van der Waals surface area contributed by atoms with Gasteiger partial charge in [0.25, 0.3) is 0 Å². The normalized spacial score (nSPS) is 14.5. The molecule has 2 aromatic carbocycles. The van der Waals surface area contributed by atoms with Crippen LogP contribution in [0.1, 0.15) is 28.5 Å². The summed E-state index contributed by atoms with van der Waals surface area (Å²) in [5.41, 5.74) is 5.92. The van der Waals surface area contributed by atoms with Gasteiger partial charge in [0, 0.05) is 16.8 Å². The summed E-state index contributed by atoms with van der Waals surface area (Å²) in [6.07, 6.45) is 1.86. The lowest BCUT2D eigenvalue weighted by Gasteiger charge is -2.05. The first-order chi connectivity index (χ1) is 12.5. The van der Waals surface area contributed by atoms with Crippen LogP contribution in [0, 0.1) is 6.92 Å². The van der Waals surface area contributed by atoms with Crippen molar-refractivity contribution in [3.8, 4) is 5.88 Å². The summed E-state index contributed by atoms with van der Waals surface area (Å²) in [5.74, 6) is 0.00487. The molecule has 4 nitrogen and oxygen atoms in total. The molecule has 130 valence electrons. The molecule has 0 saturated carbocycles. The number of allylic oxidation sites excluding steroid dienone is 1. The molecule has 2 heterocycles. The molecule has 0 atom stereocenters. The van der Waals surface area contributed by atoms with Gasteiger partial charge in [-0.1, -0.05) is 59.4 Å². The molecular weight excluding hydrogens is 344 g/mol. The van der Waals surface area contributed by atoms with Gasteiger partial charge in [0.05, 0.1) is 17.1 Å². The van der Waals surface area contributed by atoms with Gasteiger partial charge in [-0.05, 0) is 31.6 Å². The van der Waals surface area contributed by atoms with Gasteiger partial charge in [-0.25, -0.2) is 0 Å². The summed E-state index contributed by atoms with van der Waals surface area (Å²) >= 11 is 1.05. The molecule has 1 aromatic heterocycles. The average molecular weight is 362 g/mol. The number of para-hydroxylation sites is 1. The van der Waals surface area contributed by atoms with Crippen molar-refractivity contribution in [3.63, 3.8) is 0 Å². The molecule has 0 fully saturated rings. The number of fused-ring (bicyclic) bond motifs is 1. The highest BCUT2D eigenvalue weighted by molar-refractivity contribution is 7.10. The molecular formula is C21H18N2O2S. The van der Waals surface area contributed by atoms with Gasteiger partial charge in [0.2, 0.25) is 5.88 Å². The van der Waals surface area contributed by atoms with Crippen LogP contribution in [-0.2, 0) is 6.54 Å². The van der Waals surface area contributed by atoms with E-state index in [9.17, 15) is 9.90 Å². The quantitative estimate of drug-likeness (QED) is 0.739. The predicted octanol–water partition coefficient (Wildman–Crippen LogP) is 4.62. The maximum Gasteiger partial charge on any atom is 0.310 e. The van der Waals surface area contributed by atoms with Crippen molar-refractivity contribution in [1.29, 1.82) is 0 Å². The van der Waals surface area contributed by atoms with Crippen molar-refractivity contribution < 1.29 is 5.11 Å². The molecule has 1 N–H and O–H groups in total. The number of aliphatic imine (C=N–C) groups is 1. The maximum atomic E-state index is 12.4. The van der Waals surface area contributed by atoms with E-state index in [0.717, 1.165) is 45.0 Å². The summed E-state index contributed by atoms with van der Waals surface area (Å²) in [5, 5.41) is 10.6. The lowest BCUT2D eigenvalue weighted by atomic mass is 10.0. The molecule has 0 aliphatic carbocycles. The van der Waals surface area contributed by atoms with Crippen LogP contribution in [0.5, 0.6) is 5.88 Å². The van der Waals surface area contributed by atoms with Crippen molar-refractivity contribution in [3.05, 3.63) is 79.8 Å². The van der Waals surface area contributed by atoms with Crippen molar-refractivity contribution in [2.45, 2.75) is 20.4 Å². The monoisotopic (exact) mass is 362 g/mol. The van der Waals surface area contributed by atoms with E-state index < -0.39 is 0 Å². The van der Waals surface area contributed by atoms with E-state index in [-0.39, 0.29) is 10.8 Å². The zero-order valence-electron chi connectivity index (χ0n) is 14.6. The van der Waals surface area contributed by atoms with Crippen LogP contribution < -0.4 is 4.87 Å². The summed E-state index contributed by atoms with van der Waals surface area (Å²) in [6, 6.07) is 15.8. The third-order valence-corrected chi connectivity index (χ3v) is 5.42. The highest BCUT2D eigenvalue weighted by Crippen LogP contribution is 2.37. The van der Waals surface area contributed by atoms with E-state index in [0.29, 0.717) is 11.4 Å². The Morgan fingerprint density at radius 3 is 2.62 bits per heavy atom. The van der Waals surface area contributed by atoms with E-state index in [1.54, 1.807) is 0 Å². The Hall–Kier alpha value is -2.92. The minimum absolute atomic E-state index is 0.00487. The molecule has 1 aliphatic heterocycles. The predicted molar refractivity (Wildman–Crippen MR) is 108 cm³/mol. The molecule has 3 aromatic rings. The van der Waals surface area contributed by atoms with Crippen molar-refractivity contribution in [2.75, 3.05) is 0 Å². The van der Waals surface area contributed by atoms with Gasteiger partial charge in [-0.3, -0.25) is 14.4 Å². The molecule has 5 heteroatoms. The van der Waals surface area contributed by atoms with Crippen LogP contribution in [0.4, 0.5) is 5.69 Å². The van der Waals surface area contributed by atoms with Crippen LogP contribution in [0.15, 0.2) is 58.3 Å². The fraction of sp³-hybridized carbons (Fsp3) is 0.143. The van der Waals surface area contributed by atoms with Crippen LogP contribution >= 0.6 is 11.3 Å². The minimum Gasteiger partial charge on any atom is -0.493 e. The van der Waals surface area contributed by atoms with Gasteiger partial charge < -0.3 is 5.11 Å². The number of aromatic nitrogens is 1. The Kier molecular flexibility index (Phi) is 4.09. The fourth-order valence-corrected chi connectivity index (χ4v) is 3.90. The van der Waals surface area contributed by atoms with Crippen molar-refractivity contribution in [2.24, 2.45) is 4.99 Å². The van der Waals surface area contributed by atoms with Crippen molar-refractivity contribution in [1.82, 2.24) is 4.57 Å². The first-order valence-electron chi connectivity index (χ1n) is 8.38. The van der Waals surface area contributed by atoms with E-state index in [2.05, 4.69) is 4.99 Å². The van der Waals surface area contributed by atoms with E-state index in [4.69, 9.17) is 0 Å². The lowest BCUT2D eigenvalue weighted by Crippen LogP contribution is -2.13. The molecule has 1 aliphatic rings. The van der Waals surface area contributed by atoms with Gasteiger partial charge in [0.1, 0.15) is 0 Å². The second kappa shape index (κ2) is 6.42. The van der Waals surface area contributed by atoms with Gasteiger partial charge in [0.15, 0.2) is 0 Å². The van der Waals surface area contributed by atoms with Crippen LogP contribution in [0.2, 0.25) is 0 Å². The molecule has 0 bridgehead atoms. The van der Waals surface area contributed by atoms with Gasteiger partial charge in [-0.15, -0.1) is 0 Å². The first kappa shape index (κ1) is 16.5. The van der Waals surface area contributed by atoms with Gasteiger partial charge >= 0.3 is 4.87 Å². The Labute approximate surface area is 155 Å². The summed E-state index contributed by atoms with van der Waals surface area (Å²) in [7, 11) is 0. The summed E-state index contributed by atoms with van der Waals surface area (Å²) in [6.45, 7) is 4.31. The number of benzene rings is 2. The molecule has 0 radical (unpaired) electrons. The Morgan fingerprint density at radius 2 is 1.85 bits per heavy atom. The third-order valence-electron chi connectivity index (χ3n) is 4.50. The molecule has 0 spiro atoms. The number of hydrogen-bond donors (Lipinski definition) is 1. The molecule has 0 amide bonds. The standard InChI is InChI=1S/C21H18N2O2S/c1-13-7-9-15(10-8-13)12-23-20(24)19(26-21(23)25)11-17-14(2)22-18-6-4-3-5-16(17)18/h3-11,24H,12H2,1-2H3. The molecule has 26 heavy (non-hydrogen) atoms. The zero-order chi connectivity index (χ0) is 18.3. The molecule has 4 rings (SSSR count). The van der Waals surface area contributed by atoms with E-state index in [1.165, 1.54) is 4.57 Å². The largest absolute Gasteiger partial charge is 0.493 e. The smallest absolute Gasteiger partial charge is 0.310 e. The highest BCUT2D eigenvalue weighted by Gasteiger charge is 2.19. The third kappa shape index (κ3) is 2.91. The number of rotatable bonds is 3. The van der Waals surface area contributed by atoms with Crippen LogP contribution in [0.3, 0.4) is 0 Å². The highest BCUT2D eigenvalue weighted by atomic mass is 32.1. The Morgan fingerprint density at radius 1 is 1.12 bits per heavy atom. The summed E-state index contributed by atoms with van der Waals surface area (Å²) < 4.78 is 1.41. The minimum atomic E-state index is -0.171. The van der Waals surface area contributed by atoms with E-state index >= 15 is 0 Å². The number of hydrogen-bond acceptors (Lipinski definition) is 4. The average Bonchev–Trinajstić information content (AvgIpc) is 3.08. The maximum absolute atomic E-state index is 12.4. The van der Waals surface area contributed by atoms with Gasteiger partial charge in [-0.2, -0.15) is 0 Å². The molecule has 0 saturated heterocycles.